The van der Waals surface area contributed by atoms with Gasteiger partial charge in [0.05, 0.1) is 0 Å². The molecular formula is C39H65N2O6Si2+. The van der Waals surface area contributed by atoms with Crippen LogP contribution in [0.15, 0.2) is 43.0 Å². The third kappa shape index (κ3) is 9.02. The van der Waals surface area contributed by atoms with Gasteiger partial charge in [-0.25, -0.2) is 9.13 Å². The standard InChI is InChI=1S/C39H65N2O6Si2/c1-15-42-48(43-16-2,44-17-3)32-23-34(28(7)8)38(35(24-32)29(9)10)40-21-22-41(27-40)39-36(30(11)12)25-33(26-37(39)31(13)14)49(45-18-4,46-19-5)47-20-6/h21-31H,15-20H2,1-14H3/q+1. The Morgan fingerprint density at radius 1 is 0.510 bits per heavy atom. The van der Waals surface area contributed by atoms with Crippen LogP contribution in [0, 0.1) is 0 Å². The number of imidazole rings is 1. The molecule has 0 aliphatic carbocycles. The maximum Gasteiger partial charge on any atom is 0.537 e. The summed E-state index contributed by atoms with van der Waals surface area (Å²) in [5, 5.41) is 2.05. The van der Waals surface area contributed by atoms with Gasteiger partial charge in [0, 0.05) is 72.3 Å². The fourth-order valence-electron chi connectivity index (χ4n) is 6.58. The van der Waals surface area contributed by atoms with E-state index in [1.165, 1.54) is 33.6 Å². The molecule has 3 rings (SSSR count). The second kappa shape index (κ2) is 18.4. The first kappa shape index (κ1) is 41.3. The molecule has 0 aliphatic heterocycles. The van der Waals surface area contributed by atoms with Crippen molar-refractivity contribution < 1.29 is 31.1 Å². The summed E-state index contributed by atoms with van der Waals surface area (Å²) in [7, 11) is -6.24. The minimum atomic E-state index is -3.12. The lowest BCUT2D eigenvalue weighted by Crippen LogP contribution is -2.57. The van der Waals surface area contributed by atoms with E-state index in [-0.39, 0.29) is 23.7 Å². The molecule has 0 fully saturated rings. The van der Waals surface area contributed by atoms with Crippen molar-refractivity contribution in [1.82, 2.24) is 4.57 Å². The summed E-state index contributed by atoms with van der Waals surface area (Å²) in [5.41, 5.74) is 7.36. The molecule has 0 unspecified atom stereocenters. The third-order valence-electron chi connectivity index (χ3n) is 8.69. The highest BCUT2D eigenvalue weighted by Gasteiger charge is 2.46. The molecule has 0 spiro atoms. The van der Waals surface area contributed by atoms with Crippen LogP contribution in [0.1, 0.15) is 143 Å². The molecule has 3 aromatic rings. The van der Waals surface area contributed by atoms with Crippen molar-refractivity contribution in [2.75, 3.05) is 39.6 Å². The summed E-state index contributed by atoms with van der Waals surface area (Å²) >= 11 is 0. The van der Waals surface area contributed by atoms with E-state index >= 15 is 0 Å². The topological polar surface area (TPSA) is 64.2 Å². The van der Waals surface area contributed by atoms with Crippen molar-refractivity contribution in [2.24, 2.45) is 0 Å². The zero-order valence-corrected chi connectivity index (χ0v) is 34.9. The first-order chi connectivity index (χ1) is 23.3. The van der Waals surface area contributed by atoms with E-state index < -0.39 is 17.6 Å². The first-order valence-electron chi connectivity index (χ1n) is 18.6. The molecule has 0 amide bonds. The molecule has 0 atom stereocenters. The maximum absolute atomic E-state index is 6.38. The van der Waals surface area contributed by atoms with Crippen LogP contribution in [0.25, 0.3) is 11.4 Å². The average molecular weight is 714 g/mol. The Balaban J connectivity index is 2.36. The summed E-state index contributed by atoms with van der Waals surface area (Å²) < 4.78 is 42.9. The number of aromatic nitrogens is 2. The number of benzene rings is 2. The van der Waals surface area contributed by atoms with Crippen LogP contribution >= 0.6 is 0 Å². The molecule has 0 saturated heterocycles. The zero-order chi connectivity index (χ0) is 36.5. The first-order valence-corrected chi connectivity index (χ1v) is 22.0. The van der Waals surface area contributed by atoms with Gasteiger partial charge in [0.1, 0.15) is 23.8 Å². The fourth-order valence-corrected chi connectivity index (χ4v) is 11.7. The van der Waals surface area contributed by atoms with Crippen LogP contribution in [0.4, 0.5) is 0 Å². The molecule has 0 radical (unpaired) electrons. The maximum atomic E-state index is 6.38. The molecule has 2 aromatic carbocycles. The van der Waals surface area contributed by atoms with Gasteiger partial charge in [-0.1, -0.05) is 55.4 Å². The van der Waals surface area contributed by atoms with E-state index in [1.54, 1.807) is 0 Å². The van der Waals surface area contributed by atoms with Crippen molar-refractivity contribution in [3.8, 4) is 11.4 Å². The van der Waals surface area contributed by atoms with Crippen LogP contribution in [0.3, 0.4) is 0 Å². The van der Waals surface area contributed by atoms with Gasteiger partial charge in [0.15, 0.2) is 0 Å². The molecule has 49 heavy (non-hydrogen) atoms. The number of nitrogens with zero attached hydrogens (tertiary/aromatic N) is 2. The minimum Gasteiger partial charge on any atom is -0.370 e. The van der Waals surface area contributed by atoms with Crippen LogP contribution in [0.2, 0.25) is 0 Å². The van der Waals surface area contributed by atoms with Crippen LogP contribution in [0.5, 0.6) is 0 Å². The van der Waals surface area contributed by atoms with E-state index in [2.05, 4.69) is 108 Å². The van der Waals surface area contributed by atoms with Gasteiger partial charge in [0.2, 0.25) is 0 Å². The van der Waals surface area contributed by atoms with Crippen LogP contribution < -0.4 is 14.9 Å². The predicted octanol–water partition coefficient (Wildman–Crippen LogP) is 7.76. The summed E-state index contributed by atoms with van der Waals surface area (Å²) in [6.45, 7) is 33.3. The predicted molar refractivity (Wildman–Crippen MR) is 204 cm³/mol. The Hall–Kier alpha value is -2.16. The summed E-state index contributed by atoms with van der Waals surface area (Å²) in [6.07, 6.45) is 6.61. The molecule has 0 N–H and O–H groups in total. The zero-order valence-electron chi connectivity index (χ0n) is 32.9. The van der Waals surface area contributed by atoms with Gasteiger partial charge in [-0.2, -0.15) is 0 Å². The second-order valence-corrected chi connectivity index (χ2v) is 18.7. The SMILES string of the molecule is CCO[Si](OCC)(OCC)c1cc(C(C)C)c(-n2cc[n+](-c3c(C(C)C)cc([Si](OCC)(OCC)OCC)cc3C(C)C)c2)c(C(C)C)c1. The largest absolute Gasteiger partial charge is 0.537 e. The van der Waals surface area contributed by atoms with E-state index in [0.29, 0.717) is 39.6 Å². The van der Waals surface area contributed by atoms with Gasteiger partial charge >= 0.3 is 17.6 Å². The van der Waals surface area contributed by atoms with Crippen molar-refractivity contribution in [3.63, 3.8) is 0 Å². The van der Waals surface area contributed by atoms with E-state index in [1.807, 2.05) is 41.5 Å². The number of hydrogen-bond acceptors (Lipinski definition) is 6. The van der Waals surface area contributed by atoms with Gasteiger partial charge in [-0.15, -0.1) is 0 Å². The van der Waals surface area contributed by atoms with E-state index in [4.69, 9.17) is 26.6 Å². The number of hydrogen-bond donors (Lipinski definition) is 0. The highest BCUT2D eigenvalue weighted by Crippen LogP contribution is 2.33. The van der Waals surface area contributed by atoms with Crippen molar-refractivity contribution in [1.29, 1.82) is 0 Å². The molecule has 0 saturated carbocycles. The normalized spacial score (nSPS) is 12.8. The second-order valence-electron chi connectivity index (χ2n) is 13.6. The molecule has 1 aromatic heterocycles. The molecule has 8 nitrogen and oxygen atoms in total. The smallest absolute Gasteiger partial charge is 0.370 e. The molecule has 10 heteroatoms. The number of rotatable bonds is 20. The van der Waals surface area contributed by atoms with Crippen molar-refractivity contribution >= 4 is 28.0 Å². The van der Waals surface area contributed by atoms with Gasteiger partial charge in [-0.3, -0.25) is 0 Å². The van der Waals surface area contributed by atoms with Gasteiger partial charge in [-0.05, 0) is 89.5 Å². The van der Waals surface area contributed by atoms with Crippen LogP contribution in [-0.4, -0.2) is 61.8 Å². The lowest BCUT2D eigenvalue weighted by atomic mass is 9.92. The Kier molecular flexibility index (Phi) is 15.5. The molecule has 274 valence electrons. The average Bonchev–Trinajstić information content (AvgIpc) is 3.53. The van der Waals surface area contributed by atoms with Crippen LogP contribution in [-0.2, 0) is 26.6 Å². The van der Waals surface area contributed by atoms with Gasteiger partial charge < -0.3 is 26.6 Å². The lowest BCUT2D eigenvalue weighted by molar-refractivity contribution is -0.596. The fraction of sp³-hybridized carbons (Fsp3) is 0.615. The monoisotopic (exact) mass is 713 g/mol. The highest BCUT2D eigenvalue weighted by molar-refractivity contribution is 6.76. The molecule has 0 aliphatic rings. The Labute approximate surface area is 299 Å². The van der Waals surface area contributed by atoms with Crippen molar-refractivity contribution in [2.45, 2.75) is 121 Å². The quantitative estimate of drug-likeness (QED) is 0.0882. The Bertz CT molecular complexity index is 1290. The Morgan fingerprint density at radius 3 is 1.10 bits per heavy atom. The summed E-state index contributed by atoms with van der Waals surface area (Å²) in [5.74, 6) is 1.02. The summed E-state index contributed by atoms with van der Waals surface area (Å²) in [6, 6.07) is 9.10. The molecule has 1 heterocycles. The minimum absolute atomic E-state index is 0.255. The Morgan fingerprint density at radius 2 is 0.816 bits per heavy atom. The van der Waals surface area contributed by atoms with E-state index in [9.17, 15) is 0 Å². The molecular weight excluding hydrogens is 649 g/mol. The van der Waals surface area contributed by atoms with E-state index in [0.717, 1.165) is 10.4 Å². The van der Waals surface area contributed by atoms with Gasteiger partial charge in [0.25, 0.3) is 6.33 Å². The third-order valence-corrected chi connectivity index (χ3v) is 14.7. The summed E-state index contributed by atoms with van der Waals surface area (Å²) in [4.78, 5) is 0. The lowest BCUT2D eigenvalue weighted by Gasteiger charge is -2.30. The molecule has 0 bridgehead atoms. The highest BCUT2D eigenvalue weighted by atomic mass is 28.4. The van der Waals surface area contributed by atoms with Crippen molar-refractivity contribution in [3.05, 3.63) is 65.2 Å².